The summed E-state index contributed by atoms with van der Waals surface area (Å²) in [6, 6.07) is 13.3. The Balaban J connectivity index is 1.53. The van der Waals surface area contributed by atoms with E-state index in [1.54, 1.807) is 17.5 Å². The third-order valence-electron chi connectivity index (χ3n) is 3.56. The summed E-state index contributed by atoms with van der Waals surface area (Å²) in [5.74, 6) is -1.23. The summed E-state index contributed by atoms with van der Waals surface area (Å²) in [6.45, 7) is 0.310. The molecule has 1 aromatic heterocycles. The minimum Gasteiger partial charge on any atom is -0.466 e. The number of carbonyl (C=O) groups is 3. The van der Waals surface area contributed by atoms with Gasteiger partial charge in [0.1, 0.15) is 0 Å². The highest BCUT2D eigenvalue weighted by molar-refractivity contribution is 7.80. The molecule has 0 spiro atoms. The first-order valence-electron chi connectivity index (χ1n) is 8.68. The zero-order valence-electron chi connectivity index (χ0n) is 15.1. The van der Waals surface area contributed by atoms with E-state index in [2.05, 4.69) is 16.2 Å². The number of thiocarbonyl (C=S) groups is 1. The second kappa shape index (κ2) is 11.8. The average Bonchev–Trinajstić information content (AvgIpc) is 3.23. The normalized spacial score (nSPS) is 10.0. The molecule has 0 unspecified atom stereocenters. The summed E-state index contributed by atoms with van der Waals surface area (Å²) in [6.07, 6.45) is 1.45. The largest absolute Gasteiger partial charge is 0.466 e. The number of amides is 2. The second-order valence-corrected chi connectivity index (χ2v) is 7.10. The first-order chi connectivity index (χ1) is 13.5. The maximum Gasteiger partial charge on any atom is 0.306 e. The molecule has 2 rings (SSSR count). The van der Waals surface area contributed by atoms with Crippen LogP contribution in [0.1, 0.15) is 34.5 Å². The van der Waals surface area contributed by atoms with E-state index in [-0.39, 0.29) is 23.9 Å². The zero-order chi connectivity index (χ0) is 20.2. The average molecular weight is 420 g/mol. The molecule has 1 aromatic carbocycles. The quantitative estimate of drug-likeness (QED) is 0.263. The summed E-state index contributed by atoms with van der Waals surface area (Å²) in [4.78, 5) is 35.7. The van der Waals surface area contributed by atoms with Crippen LogP contribution in [0.5, 0.6) is 0 Å². The van der Waals surface area contributed by atoms with E-state index in [1.165, 1.54) is 16.9 Å². The Hall–Kier alpha value is -2.78. The number of hydrazine groups is 1. The van der Waals surface area contributed by atoms with Crippen molar-refractivity contribution in [2.75, 3.05) is 6.61 Å². The lowest BCUT2D eigenvalue weighted by molar-refractivity contribution is -0.145. The number of thiophene rings is 1. The minimum atomic E-state index is -0.441. The Morgan fingerprint density at radius 1 is 1.00 bits per heavy atom. The molecule has 0 fully saturated rings. The third-order valence-corrected chi connectivity index (χ3v) is 4.63. The number of carbonyl (C=O) groups excluding carboxylic acids is 3. The molecule has 0 aliphatic heterocycles. The molecule has 3 N–H and O–H groups in total. The van der Waals surface area contributed by atoms with Gasteiger partial charge in [-0.1, -0.05) is 36.4 Å². The molecule has 7 nitrogen and oxygen atoms in total. The highest BCUT2D eigenvalue weighted by Crippen LogP contribution is 2.07. The predicted molar refractivity (Wildman–Crippen MR) is 111 cm³/mol. The topological polar surface area (TPSA) is 96.5 Å². The van der Waals surface area contributed by atoms with Crippen LogP contribution in [0, 0.1) is 0 Å². The molecule has 0 saturated heterocycles. The van der Waals surface area contributed by atoms with E-state index < -0.39 is 11.9 Å². The highest BCUT2D eigenvalue weighted by atomic mass is 32.1. The van der Waals surface area contributed by atoms with Crippen molar-refractivity contribution in [2.24, 2.45) is 0 Å². The first-order valence-corrected chi connectivity index (χ1v) is 9.96. The molecule has 9 heteroatoms. The first kappa shape index (κ1) is 21.5. The van der Waals surface area contributed by atoms with Crippen molar-refractivity contribution in [2.45, 2.75) is 25.7 Å². The van der Waals surface area contributed by atoms with Crippen molar-refractivity contribution in [1.82, 2.24) is 16.2 Å². The summed E-state index contributed by atoms with van der Waals surface area (Å²) in [7, 11) is 0. The Bertz CT molecular complexity index is 795. The molecule has 28 heavy (non-hydrogen) atoms. The summed E-state index contributed by atoms with van der Waals surface area (Å²) in [5, 5.41) is 4.11. The number of benzene rings is 1. The van der Waals surface area contributed by atoms with E-state index in [4.69, 9.17) is 17.0 Å². The number of hydrogen-bond donors (Lipinski definition) is 3. The van der Waals surface area contributed by atoms with Crippen molar-refractivity contribution >= 4 is 46.5 Å². The van der Waals surface area contributed by atoms with Crippen LogP contribution in [0.4, 0.5) is 0 Å². The molecule has 148 valence electrons. The maximum atomic E-state index is 11.8. The maximum absolute atomic E-state index is 11.8. The van der Waals surface area contributed by atoms with Crippen LogP contribution in [-0.2, 0) is 20.7 Å². The molecule has 0 radical (unpaired) electrons. The Morgan fingerprint density at radius 3 is 2.50 bits per heavy atom. The lowest BCUT2D eigenvalue weighted by Gasteiger charge is -2.10. The van der Waals surface area contributed by atoms with Crippen LogP contribution in [0.3, 0.4) is 0 Å². The van der Waals surface area contributed by atoms with Crippen molar-refractivity contribution < 1.29 is 19.1 Å². The molecule has 2 aromatic rings. The Labute approximate surface area is 172 Å². The fourth-order valence-electron chi connectivity index (χ4n) is 2.20. The monoisotopic (exact) mass is 419 g/mol. The zero-order valence-corrected chi connectivity index (χ0v) is 16.7. The molecule has 0 bridgehead atoms. The number of nitrogens with one attached hydrogen (secondary N) is 3. The van der Waals surface area contributed by atoms with Gasteiger partial charge >= 0.3 is 5.97 Å². The number of ether oxygens (including phenoxy) is 1. The van der Waals surface area contributed by atoms with Crippen LogP contribution < -0.4 is 16.2 Å². The van der Waals surface area contributed by atoms with E-state index in [0.29, 0.717) is 11.5 Å². The van der Waals surface area contributed by atoms with Crippen LogP contribution in [0.2, 0.25) is 0 Å². The van der Waals surface area contributed by atoms with Gasteiger partial charge in [-0.15, -0.1) is 11.3 Å². The summed E-state index contributed by atoms with van der Waals surface area (Å²) in [5.41, 5.74) is 6.00. The van der Waals surface area contributed by atoms with Crippen LogP contribution in [0.25, 0.3) is 0 Å². The van der Waals surface area contributed by atoms with Crippen LogP contribution >= 0.6 is 23.6 Å². The molecule has 0 saturated carbocycles. The molecular formula is C19H21N3O4S2. The van der Waals surface area contributed by atoms with Crippen molar-refractivity contribution in [3.8, 4) is 0 Å². The van der Waals surface area contributed by atoms with Crippen LogP contribution in [-0.4, -0.2) is 29.5 Å². The van der Waals surface area contributed by atoms with Gasteiger partial charge in [0.15, 0.2) is 5.11 Å². The number of hydrogen-bond acceptors (Lipinski definition) is 6. The van der Waals surface area contributed by atoms with E-state index >= 15 is 0 Å². The van der Waals surface area contributed by atoms with Crippen LogP contribution in [0.15, 0.2) is 47.8 Å². The number of rotatable bonds is 8. The summed E-state index contributed by atoms with van der Waals surface area (Å²) < 4.78 is 5.12. The third kappa shape index (κ3) is 8.28. The van der Waals surface area contributed by atoms with E-state index in [1.807, 2.05) is 30.3 Å². The smallest absolute Gasteiger partial charge is 0.306 e. The Morgan fingerprint density at radius 2 is 1.79 bits per heavy atom. The lowest BCUT2D eigenvalue weighted by Crippen LogP contribution is -2.48. The van der Waals surface area contributed by atoms with Gasteiger partial charge in [-0.2, -0.15) is 0 Å². The van der Waals surface area contributed by atoms with E-state index in [0.717, 1.165) is 12.8 Å². The fourth-order valence-corrected chi connectivity index (χ4v) is 2.98. The van der Waals surface area contributed by atoms with Gasteiger partial charge in [0.2, 0.25) is 5.91 Å². The molecule has 2 amide bonds. The lowest BCUT2D eigenvalue weighted by atomic mass is 10.1. The second-order valence-electron chi connectivity index (χ2n) is 5.74. The van der Waals surface area contributed by atoms with Gasteiger partial charge in [0.05, 0.1) is 17.9 Å². The standard InChI is InChI=1S/C19H21N3O4S2/c23-16(20-19(27)22-21-18(25)15-9-5-13-28-15)10-11-17(24)26-12-4-8-14-6-2-1-3-7-14/h1-3,5-7,9,13H,4,8,10-12H2,(H,21,25)(H2,20,22,23,27). The minimum absolute atomic E-state index is 0.0403. The SMILES string of the molecule is O=C(CCC(=O)OCCCc1ccccc1)NC(=S)NNC(=O)c1cccs1. The van der Waals surface area contributed by atoms with Gasteiger partial charge in [-0.25, -0.2) is 0 Å². The number of esters is 1. The van der Waals surface area contributed by atoms with Crippen molar-refractivity contribution in [3.63, 3.8) is 0 Å². The van der Waals surface area contributed by atoms with Gasteiger partial charge in [-0.3, -0.25) is 25.2 Å². The van der Waals surface area contributed by atoms with E-state index in [9.17, 15) is 14.4 Å². The summed E-state index contributed by atoms with van der Waals surface area (Å²) >= 11 is 6.20. The predicted octanol–water partition coefficient (Wildman–Crippen LogP) is 2.34. The Kier molecular flexibility index (Phi) is 9.09. The fraction of sp³-hybridized carbons (Fsp3) is 0.263. The van der Waals surface area contributed by atoms with Crippen molar-refractivity contribution in [3.05, 3.63) is 58.3 Å². The number of aryl methyl sites for hydroxylation is 1. The molecule has 0 aliphatic rings. The van der Waals surface area contributed by atoms with Gasteiger partial charge < -0.3 is 10.1 Å². The molecule has 1 heterocycles. The molecule has 0 aliphatic carbocycles. The molecule has 0 atom stereocenters. The van der Waals surface area contributed by atoms with Gasteiger partial charge in [-0.05, 0) is 42.1 Å². The van der Waals surface area contributed by atoms with Gasteiger partial charge in [0.25, 0.3) is 5.91 Å². The van der Waals surface area contributed by atoms with Gasteiger partial charge in [0, 0.05) is 6.42 Å². The highest BCUT2D eigenvalue weighted by Gasteiger charge is 2.11. The molecular weight excluding hydrogens is 398 g/mol. The van der Waals surface area contributed by atoms with Crippen molar-refractivity contribution in [1.29, 1.82) is 0 Å².